The zero-order chi connectivity index (χ0) is 19.8. The molecule has 0 unspecified atom stereocenters. The Kier molecular flexibility index (Phi) is 5.73. The molecule has 1 saturated heterocycles. The first-order chi connectivity index (χ1) is 12.7. The Hall–Kier alpha value is -1.71. The minimum absolute atomic E-state index is 0.227. The van der Waals surface area contributed by atoms with E-state index in [0.29, 0.717) is 23.7 Å². The molecule has 1 aliphatic rings. The maximum absolute atomic E-state index is 13.4. The highest BCUT2D eigenvalue weighted by Crippen LogP contribution is 2.35. The zero-order valence-electron chi connectivity index (χ0n) is 16.9. The van der Waals surface area contributed by atoms with Crippen LogP contribution in [0.5, 0.6) is 0 Å². The predicted octanol–water partition coefficient (Wildman–Crippen LogP) is 1.92. The molecule has 9 heteroatoms. The highest BCUT2D eigenvalue weighted by molar-refractivity contribution is 7.89. The van der Waals surface area contributed by atoms with Crippen LogP contribution in [0, 0.1) is 6.92 Å². The normalized spacial score (nSPS) is 19.1. The topological polar surface area (TPSA) is 76.3 Å². The molecular formula is C18H30N6O2S. The Bertz CT molecular complexity index is 899. The van der Waals surface area contributed by atoms with Crippen molar-refractivity contribution in [1.82, 2.24) is 28.8 Å². The minimum atomic E-state index is -3.62. The molecule has 3 heterocycles. The number of piperidine rings is 1. The molecule has 0 radical (unpaired) electrons. The molecule has 0 aliphatic carbocycles. The molecule has 2 aromatic heterocycles. The first kappa shape index (κ1) is 20.0. The fourth-order valence-corrected chi connectivity index (χ4v) is 5.53. The van der Waals surface area contributed by atoms with Crippen LogP contribution in [0.25, 0.3) is 0 Å². The smallest absolute Gasteiger partial charge is 0.247 e. The van der Waals surface area contributed by atoms with Crippen molar-refractivity contribution in [3.63, 3.8) is 0 Å². The standard InChI is InChI=1S/C18H30N6O2S/c1-6-23-13-18(14(2)19-23)27(25,26)24-10-8-7-9-17(24)16-11-15(12-21(3)4)22(5)20-16/h11,13,17H,6-10,12H2,1-5H3/t17-/m1/s1. The van der Waals surface area contributed by atoms with Crippen LogP contribution in [0.2, 0.25) is 0 Å². The van der Waals surface area contributed by atoms with Gasteiger partial charge in [0.1, 0.15) is 4.90 Å². The fraction of sp³-hybridized carbons (Fsp3) is 0.667. The molecule has 0 spiro atoms. The van der Waals surface area contributed by atoms with Crippen LogP contribution in [0.15, 0.2) is 17.2 Å². The molecule has 27 heavy (non-hydrogen) atoms. The highest BCUT2D eigenvalue weighted by Gasteiger charge is 2.37. The van der Waals surface area contributed by atoms with Crippen molar-refractivity contribution < 1.29 is 8.42 Å². The third kappa shape index (κ3) is 3.95. The molecular weight excluding hydrogens is 364 g/mol. The van der Waals surface area contributed by atoms with Crippen molar-refractivity contribution in [2.75, 3.05) is 20.6 Å². The Balaban J connectivity index is 1.97. The fourth-order valence-electron chi connectivity index (χ4n) is 3.69. The van der Waals surface area contributed by atoms with Crippen molar-refractivity contribution in [3.8, 4) is 0 Å². The summed E-state index contributed by atoms with van der Waals surface area (Å²) in [6, 6.07) is 1.82. The van der Waals surface area contributed by atoms with Gasteiger partial charge >= 0.3 is 0 Å². The molecule has 2 aromatic rings. The van der Waals surface area contributed by atoms with Crippen LogP contribution >= 0.6 is 0 Å². The van der Waals surface area contributed by atoms with E-state index in [4.69, 9.17) is 0 Å². The molecule has 1 atom stereocenters. The first-order valence-corrected chi connectivity index (χ1v) is 10.9. The molecule has 1 fully saturated rings. The lowest BCUT2D eigenvalue weighted by molar-refractivity contribution is 0.250. The van der Waals surface area contributed by atoms with E-state index in [1.807, 2.05) is 38.8 Å². The molecule has 1 aliphatic heterocycles. The average molecular weight is 395 g/mol. The summed E-state index contributed by atoms with van der Waals surface area (Å²) in [6.45, 7) is 5.64. The van der Waals surface area contributed by atoms with E-state index < -0.39 is 10.0 Å². The molecule has 150 valence electrons. The van der Waals surface area contributed by atoms with Crippen molar-refractivity contribution in [2.24, 2.45) is 7.05 Å². The second-order valence-electron chi connectivity index (χ2n) is 7.48. The number of aromatic nitrogens is 4. The molecule has 3 rings (SSSR count). The van der Waals surface area contributed by atoms with Gasteiger partial charge < -0.3 is 4.90 Å². The van der Waals surface area contributed by atoms with Gasteiger partial charge in [-0.2, -0.15) is 14.5 Å². The molecule has 0 amide bonds. The summed E-state index contributed by atoms with van der Waals surface area (Å²) in [4.78, 5) is 2.39. The lowest BCUT2D eigenvalue weighted by Gasteiger charge is -2.33. The number of nitrogens with zero attached hydrogens (tertiary/aromatic N) is 6. The summed E-state index contributed by atoms with van der Waals surface area (Å²) < 4.78 is 32.0. The second kappa shape index (κ2) is 7.73. The quantitative estimate of drug-likeness (QED) is 0.748. The summed E-state index contributed by atoms with van der Waals surface area (Å²) in [7, 11) is 2.32. The maximum Gasteiger partial charge on any atom is 0.247 e. The second-order valence-corrected chi connectivity index (χ2v) is 9.34. The number of rotatable bonds is 6. The van der Waals surface area contributed by atoms with Crippen LogP contribution in [0.1, 0.15) is 49.3 Å². The van der Waals surface area contributed by atoms with Gasteiger partial charge in [-0.15, -0.1) is 0 Å². The van der Waals surface area contributed by atoms with Crippen molar-refractivity contribution in [3.05, 3.63) is 29.3 Å². The largest absolute Gasteiger partial charge is 0.304 e. The first-order valence-electron chi connectivity index (χ1n) is 9.47. The summed E-state index contributed by atoms with van der Waals surface area (Å²) in [5.41, 5.74) is 2.46. The summed E-state index contributed by atoms with van der Waals surface area (Å²) in [5.74, 6) is 0. The molecule has 0 saturated carbocycles. The van der Waals surface area contributed by atoms with E-state index in [0.717, 1.165) is 37.2 Å². The summed E-state index contributed by atoms with van der Waals surface area (Å²) in [6.07, 6.45) is 4.31. The molecule has 0 bridgehead atoms. The van der Waals surface area contributed by atoms with Gasteiger partial charge in [0, 0.05) is 32.9 Å². The van der Waals surface area contributed by atoms with Gasteiger partial charge in [0.25, 0.3) is 0 Å². The molecule has 0 aromatic carbocycles. The van der Waals surface area contributed by atoms with Gasteiger partial charge in [0.05, 0.1) is 23.1 Å². The average Bonchev–Trinajstić information content (AvgIpc) is 3.18. The third-order valence-electron chi connectivity index (χ3n) is 5.08. The van der Waals surface area contributed by atoms with Crippen LogP contribution in [-0.4, -0.2) is 57.8 Å². The van der Waals surface area contributed by atoms with Gasteiger partial charge in [-0.3, -0.25) is 9.36 Å². The monoisotopic (exact) mass is 394 g/mol. The van der Waals surface area contributed by atoms with Gasteiger partial charge in [0.15, 0.2) is 0 Å². The van der Waals surface area contributed by atoms with Crippen LogP contribution in [0.3, 0.4) is 0 Å². The van der Waals surface area contributed by atoms with E-state index in [1.54, 1.807) is 22.1 Å². The van der Waals surface area contributed by atoms with E-state index in [9.17, 15) is 8.42 Å². The number of hydrogen-bond acceptors (Lipinski definition) is 5. The lowest BCUT2D eigenvalue weighted by atomic mass is 10.0. The van der Waals surface area contributed by atoms with E-state index in [-0.39, 0.29) is 6.04 Å². The lowest BCUT2D eigenvalue weighted by Crippen LogP contribution is -2.38. The summed E-state index contributed by atoms with van der Waals surface area (Å²) in [5, 5.41) is 8.98. The van der Waals surface area contributed by atoms with E-state index in [1.165, 1.54) is 0 Å². The Morgan fingerprint density at radius 2 is 2.00 bits per heavy atom. The number of sulfonamides is 1. The van der Waals surface area contributed by atoms with Crippen molar-refractivity contribution in [2.45, 2.75) is 57.1 Å². The predicted molar refractivity (Wildman–Crippen MR) is 104 cm³/mol. The SMILES string of the molecule is CCn1cc(S(=O)(=O)N2CCCC[C@@H]2c2cc(CN(C)C)n(C)n2)c(C)n1. The highest BCUT2D eigenvalue weighted by atomic mass is 32.2. The number of hydrogen-bond donors (Lipinski definition) is 0. The number of aryl methyl sites for hydroxylation is 3. The van der Waals surface area contributed by atoms with Gasteiger partial charge in [-0.05, 0) is 46.9 Å². The Labute approximate surface area is 161 Å². The van der Waals surface area contributed by atoms with Crippen molar-refractivity contribution >= 4 is 10.0 Å². The van der Waals surface area contributed by atoms with E-state index >= 15 is 0 Å². The van der Waals surface area contributed by atoms with Crippen LogP contribution in [0.4, 0.5) is 0 Å². The summed E-state index contributed by atoms with van der Waals surface area (Å²) >= 11 is 0. The van der Waals surface area contributed by atoms with Gasteiger partial charge in [0.2, 0.25) is 10.0 Å². The minimum Gasteiger partial charge on any atom is -0.304 e. The van der Waals surface area contributed by atoms with E-state index in [2.05, 4.69) is 15.1 Å². The van der Waals surface area contributed by atoms with Gasteiger partial charge in [-0.25, -0.2) is 8.42 Å². The molecule has 0 N–H and O–H groups in total. The Morgan fingerprint density at radius 1 is 1.26 bits per heavy atom. The van der Waals surface area contributed by atoms with Crippen molar-refractivity contribution in [1.29, 1.82) is 0 Å². The van der Waals surface area contributed by atoms with Crippen LogP contribution < -0.4 is 0 Å². The van der Waals surface area contributed by atoms with Gasteiger partial charge in [-0.1, -0.05) is 6.42 Å². The third-order valence-corrected chi connectivity index (χ3v) is 7.09. The Morgan fingerprint density at radius 3 is 2.63 bits per heavy atom. The van der Waals surface area contributed by atoms with Crippen LogP contribution in [-0.2, 0) is 30.2 Å². The zero-order valence-corrected chi connectivity index (χ0v) is 17.7. The maximum atomic E-state index is 13.4. The molecule has 8 nitrogen and oxygen atoms in total.